The van der Waals surface area contributed by atoms with E-state index in [0.717, 1.165) is 64.7 Å². The second-order valence-electron chi connectivity index (χ2n) is 9.50. The van der Waals surface area contributed by atoms with E-state index in [9.17, 15) is 13.2 Å². The molecule has 32 heavy (non-hydrogen) atoms. The lowest BCUT2D eigenvalue weighted by atomic mass is 9.91. The molecule has 1 aromatic rings. The zero-order valence-electron chi connectivity index (χ0n) is 20.2. The number of hydrogen-bond donors (Lipinski definition) is 4. The molecular weight excluding hydrogens is 415 g/mol. The van der Waals surface area contributed by atoms with Gasteiger partial charge in [0.15, 0.2) is 17.5 Å². The molecule has 4 N–H and O–H groups in total. The number of benzene rings is 1. The molecule has 0 aromatic heterocycles. The van der Waals surface area contributed by atoms with Crippen molar-refractivity contribution in [2.24, 2.45) is 5.92 Å². The van der Waals surface area contributed by atoms with E-state index < -0.39 is 17.5 Å². The Morgan fingerprint density at radius 1 is 0.938 bits per heavy atom. The Bertz CT molecular complexity index is 686. The van der Waals surface area contributed by atoms with Crippen molar-refractivity contribution in [2.75, 3.05) is 59.4 Å². The van der Waals surface area contributed by atoms with Crippen LogP contribution in [0.5, 0.6) is 0 Å². The van der Waals surface area contributed by atoms with Gasteiger partial charge in [0.05, 0.1) is 0 Å². The summed E-state index contributed by atoms with van der Waals surface area (Å²) in [6.07, 6.45) is 2.27. The highest BCUT2D eigenvalue weighted by atomic mass is 19.2. The summed E-state index contributed by atoms with van der Waals surface area (Å²) < 4.78 is 41.4. The number of hydrogen-bond acceptors (Lipinski definition) is 5. The summed E-state index contributed by atoms with van der Waals surface area (Å²) in [7, 11) is 2.11. The van der Waals surface area contributed by atoms with Gasteiger partial charge in [-0.05, 0) is 90.8 Å². The summed E-state index contributed by atoms with van der Waals surface area (Å²) in [4.78, 5) is 2.33. The first-order valence-electron chi connectivity index (χ1n) is 11.9. The quantitative estimate of drug-likeness (QED) is 0.515. The maximum atomic E-state index is 14.3. The molecule has 5 nitrogen and oxygen atoms in total. The summed E-state index contributed by atoms with van der Waals surface area (Å²) in [5, 5.41) is 14.0. The van der Waals surface area contributed by atoms with Gasteiger partial charge < -0.3 is 21.3 Å². The van der Waals surface area contributed by atoms with E-state index in [2.05, 4.69) is 54.0 Å². The van der Waals surface area contributed by atoms with Crippen LogP contribution >= 0.6 is 0 Å². The summed E-state index contributed by atoms with van der Waals surface area (Å²) >= 11 is 0. The molecule has 2 atom stereocenters. The normalized spacial score (nSPS) is 25.7. The molecule has 0 aliphatic carbocycles. The third kappa shape index (κ3) is 8.30. The van der Waals surface area contributed by atoms with E-state index in [1.807, 2.05) is 0 Å². The van der Waals surface area contributed by atoms with Crippen LogP contribution in [-0.2, 0) is 6.42 Å². The van der Waals surface area contributed by atoms with E-state index in [1.54, 1.807) is 0 Å². The van der Waals surface area contributed by atoms with Crippen LogP contribution in [0.25, 0.3) is 0 Å². The molecule has 1 aromatic carbocycles. The molecule has 1 aliphatic heterocycles. The summed E-state index contributed by atoms with van der Waals surface area (Å²) in [6, 6.07) is 2.67. The number of halogens is 3. The minimum Gasteiger partial charge on any atom is -0.315 e. The van der Waals surface area contributed by atoms with Crippen molar-refractivity contribution < 1.29 is 13.2 Å². The maximum absolute atomic E-state index is 14.3. The maximum Gasteiger partial charge on any atom is 0.194 e. The van der Waals surface area contributed by atoms with E-state index in [1.165, 1.54) is 6.07 Å². The van der Waals surface area contributed by atoms with Crippen LogP contribution in [0, 0.1) is 23.4 Å². The summed E-state index contributed by atoms with van der Waals surface area (Å²) in [5.41, 5.74) is 0.168. The van der Waals surface area contributed by atoms with Crippen LogP contribution in [0.3, 0.4) is 0 Å². The molecule has 1 fully saturated rings. The van der Waals surface area contributed by atoms with Crippen molar-refractivity contribution >= 4 is 0 Å². The van der Waals surface area contributed by atoms with E-state index in [4.69, 9.17) is 0 Å². The summed E-state index contributed by atoms with van der Waals surface area (Å²) in [5.74, 6) is -3.48. The fraction of sp³-hybridized carbons (Fsp3) is 0.750. The fourth-order valence-electron chi connectivity index (χ4n) is 4.00. The van der Waals surface area contributed by atoms with Crippen LogP contribution in [0.15, 0.2) is 12.1 Å². The highest BCUT2D eigenvalue weighted by Gasteiger charge is 2.30. The van der Waals surface area contributed by atoms with Gasteiger partial charge in [-0.25, -0.2) is 13.2 Å². The molecule has 1 heterocycles. The predicted octanol–water partition coefficient (Wildman–Crippen LogP) is 2.51. The second-order valence-corrected chi connectivity index (χ2v) is 9.50. The van der Waals surface area contributed by atoms with Gasteiger partial charge in [0, 0.05) is 37.8 Å². The molecule has 0 radical (unpaired) electrons. The molecule has 1 saturated heterocycles. The molecule has 8 heteroatoms. The van der Waals surface area contributed by atoms with Gasteiger partial charge in [0.25, 0.3) is 0 Å². The van der Waals surface area contributed by atoms with Crippen molar-refractivity contribution in [1.29, 1.82) is 0 Å². The standard InChI is InChI=1S/C24H42F3N5/c1-18-24(2,3)32(4)15-8-19(16-20-6-7-21(25)23(27)22(20)26)17-30-12-11-28-9-5-10-29-13-14-31-18/h6-7,18-19,28-31H,5,8-17H2,1-4H3. The topological polar surface area (TPSA) is 51.4 Å². The number of nitrogens with one attached hydrogen (secondary N) is 4. The molecule has 0 bridgehead atoms. The Balaban J connectivity index is 2.07. The average Bonchev–Trinajstić information content (AvgIpc) is 2.76. The van der Waals surface area contributed by atoms with Gasteiger partial charge >= 0.3 is 0 Å². The van der Waals surface area contributed by atoms with E-state index in [-0.39, 0.29) is 23.1 Å². The fourth-order valence-corrected chi connectivity index (χ4v) is 4.00. The van der Waals surface area contributed by atoms with Crippen molar-refractivity contribution in [2.45, 2.75) is 51.6 Å². The van der Waals surface area contributed by atoms with Crippen molar-refractivity contribution in [3.05, 3.63) is 35.1 Å². The van der Waals surface area contributed by atoms with Crippen LogP contribution in [0.4, 0.5) is 13.2 Å². The van der Waals surface area contributed by atoms with Crippen molar-refractivity contribution in [3.8, 4) is 0 Å². The highest BCUT2D eigenvalue weighted by Crippen LogP contribution is 2.22. The zero-order valence-corrected chi connectivity index (χ0v) is 20.2. The first-order valence-corrected chi connectivity index (χ1v) is 11.9. The van der Waals surface area contributed by atoms with Gasteiger partial charge in [0.1, 0.15) is 0 Å². The lowest BCUT2D eigenvalue weighted by molar-refractivity contribution is 0.108. The minimum absolute atomic E-state index is 0.0689. The van der Waals surface area contributed by atoms with Crippen LogP contribution in [0.1, 0.15) is 39.2 Å². The molecular formula is C24H42F3N5. The number of likely N-dealkylation sites (N-methyl/N-ethyl adjacent to an activating group) is 1. The van der Waals surface area contributed by atoms with E-state index >= 15 is 0 Å². The smallest absolute Gasteiger partial charge is 0.194 e. The lowest BCUT2D eigenvalue weighted by Gasteiger charge is -2.41. The first kappa shape index (κ1) is 27.1. The molecule has 0 saturated carbocycles. The Hall–Kier alpha value is -1.19. The number of rotatable bonds is 2. The lowest BCUT2D eigenvalue weighted by Crippen LogP contribution is -2.56. The second kappa shape index (κ2) is 13.5. The number of nitrogens with zero attached hydrogens (tertiary/aromatic N) is 1. The first-order chi connectivity index (χ1) is 15.2. The van der Waals surface area contributed by atoms with Crippen LogP contribution < -0.4 is 21.3 Å². The van der Waals surface area contributed by atoms with Gasteiger partial charge in [-0.15, -0.1) is 0 Å². The van der Waals surface area contributed by atoms with Gasteiger partial charge in [-0.2, -0.15) is 0 Å². The van der Waals surface area contributed by atoms with E-state index in [0.29, 0.717) is 13.0 Å². The minimum atomic E-state index is -1.38. The van der Waals surface area contributed by atoms with Gasteiger partial charge in [-0.1, -0.05) is 6.07 Å². The van der Waals surface area contributed by atoms with Crippen molar-refractivity contribution in [1.82, 2.24) is 26.2 Å². The molecule has 0 spiro atoms. The Labute approximate surface area is 191 Å². The largest absolute Gasteiger partial charge is 0.315 e. The van der Waals surface area contributed by atoms with Crippen LogP contribution in [-0.4, -0.2) is 75.9 Å². The Kier molecular flexibility index (Phi) is 11.4. The third-order valence-corrected chi connectivity index (χ3v) is 6.91. The third-order valence-electron chi connectivity index (χ3n) is 6.91. The monoisotopic (exact) mass is 457 g/mol. The average molecular weight is 458 g/mol. The molecule has 184 valence electrons. The molecule has 1 aliphatic rings. The molecule has 2 unspecified atom stereocenters. The SMILES string of the molecule is CC1NCCNCCCNCCNCC(Cc2ccc(F)c(F)c2F)CCN(C)C1(C)C. The predicted molar refractivity (Wildman–Crippen MR) is 126 cm³/mol. The van der Waals surface area contributed by atoms with Gasteiger partial charge in [0.2, 0.25) is 0 Å². The van der Waals surface area contributed by atoms with Crippen molar-refractivity contribution in [3.63, 3.8) is 0 Å². The Morgan fingerprint density at radius 2 is 1.59 bits per heavy atom. The molecule has 0 amide bonds. The Morgan fingerprint density at radius 3 is 2.31 bits per heavy atom. The van der Waals surface area contributed by atoms with Crippen LogP contribution in [0.2, 0.25) is 0 Å². The zero-order chi connectivity index (χ0) is 23.6. The summed E-state index contributed by atoms with van der Waals surface area (Å²) in [6.45, 7) is 13.6. The highest BCUT2D eigenvalue weighted by molar-refractivity contribution is 5.21. The molecule has 2 rings (SSSR count). The van der Waals surface area contributed by atoms with Gasteiger partial charge in [-0.3, -0.25) is 4.90 Å².